The van der Waals surface area contributed by atoms with Crippen molar-refractivity contribution in [1.82, 2.24) is 19.9 Å². The number of rotatable bonds is 5. The van der Waals surface area contributed by atoms with Crippen molar-refractivity contribution >= 4 is 33.8 Å². The largest absolute Gasteiger partial charge is 0.347 e. The molecule has 0 saturated carbocycles. The van der Waals surface area contributed by atoms with Crippen molar-refractivity contribution in [1.29, 1.82) is 0 Å². The first-order valence-electron chi connectivity index (χ1n) is 9.25. The Morgan fingerprint density at radius 1 is 1.13 bits per heavy atom. The third kappa shape index (κ3) is 4.20. The maximum Gasteiger partial charge on any atom is 0.313 e. The number of aromatic nitrogens is 3. The summed E-state index contributed by atoms with van der Waals surface area (Å²) in [6, 6.07) is 13.3. The number of carbonyl (C=O) groups is 2. The van der Waals surface area contributed by atoms with Crippen LogP contribution >= 0.6 is 11.3 Å². The number of hydrogen-bond donors (Lipinski definition) is 2. The molecule has 4 aromatic rings. The molecule has 152 valence electrons. The number of nitrogens with zero attached hydrogens (tertiary/aromatic N) is 3. The molecule has 0 fully saturated rings. The maximum atomic E-state index is 13.4. The number of anilines is 1. The SMILES string of the molecule is Cc1ccccc1NC(=O)C(=O)NCCc1csc2nc(-c3cccc(F)c3)nn12. The summed E-state index contributed by atoms with van der Waals surface area (Å²) >= 11 is 1.41. The molecule has 0 aliphatic carbocycles. The van der Waals surface area contributed by atoms with E-state index in [1.54, 1.807) is 28.8 Å². The van der Waals surface area contributed by atoms with Crippen LogP contribution in [0.4, 0.5) is 10.1 Å². The van der Waals surface area contributed by atoms with E-state index in [-0.39, 0.29) is 12.4 Å². The number of amides is 2. The fourth-order valence-corrected chi connectivity index (χ4v) is 3.78. The third-order valence-electron chi connectivity index (χ3n) is 4.50. The van der Waals surface area contributed by atoms with Crippen LogP contribution in [0.5, 0.6) is 0 Å². The van der Waals surface area contributed by atoms with Gasteiger partial charge in [-0.25, -0.2) is 8.91 Å². The smallest absolute Gasteiger partial charge is 0.313 e. The summed E-state index contributed by atoms with van der Waals surface area (Å²) in [5, 5.41) is 11.5. The Kier molecular flexibility index (Phi) is 5.53. The highest BCUT2D eigenvalue weighted by Crippen LogP contribution is 2.21. The Labute approximate surface area is 175 Å². The molecule has 9 heteroatoms. The van der Waals surface area contributed by atoms with Gasteiger partial charge in [0.1, 0.15) is 5.82 Å². The first kappa shape index (κ1) is 19.7. The van der Waals surface area contributed by atoms with E-state index in [0.717, 1.165) is 11.3 Å². The number of para-hydroxylation sites is 1. The highest BCUT2D eigenvalue weighted by atomic mass is 32.1. The minimum Gasteiger partial charge on any atom is -0.347 e. The van der Waals surface area contributed by atoms with Crippen molar-refractivity contribution in [3.63, 3.8) is 0 Å². The predicted octanol–water partition coefficient (Wildman–Crippen LogP) is 3.20. The number of carbonyl (C=O) groups excluding carboxylic acids is 2. The molecule has 7 nitrogen and oxygen atoms in total. The lowest BCUT2D eigenvalue weighted by atomic mass is 10.2. The third-order valence-corrected chi connectivity index (χ3v) is 5.36. The quantitative estimate of drug-likeness (QED) is 0.483. The van der Waals surface area contributed by atoms with Crippen molar-refractivity contribution < 1.29 is 14.0 Å². The number of aryl methyl sites for hydroxylation is 1. The number of halogens is 1. The molecule has 0 radical (unpaired) electrons. The molecule has 2 aromatic heterocycles. The number of nitrogens with one attached hydrogen (secondary N) is 2. The molecule has 2 N–H and O–H groups in total. The Bertz CT molecular complexity index is 1230. The summed E-state index contributed by atoms with van der Waals surface area (Å²) in [5.74, 6) is -1.33. The number of thiazole rings is 1. The highest BCUT2D eigenvalue weighted by Gasteiger charge is 2.15. The zero-order chi connectivity index (χ0) is 21.1. The van der Waals surface area contributed by atoms with Gasteiger partial charge in [-0.1, -0.05) is 30.3 Å². The van der Waals surface area contributed by atoms with Gasteiger partial charge in [0.05, 0.1) is 5.69 Å². The minimum absolute atomic E-state index is 0.265. The fraction of sp³-hybridized carbons (Fsp3) is 0.143. The van der Waals surface area contributed by atoms with Crippen LogP contribution < -0.4 is 10.6 Å². The van der Waals surface area contributed by atoms with Gasteiger partial charge in [0.15, 0.2) is 5.82 Å². The van der Waals surface area contributed by atoms with Crippen molar-refractivity contribution in [3.05, 3.63) is 71.0 Å². The van der Waals surface area contributed by atoms with Crippen LogP contribution in [0.1, 0.15) is 11.3 Å². The molecule has 2 heterocycles. The molecule has 0 saturated heterocycles. The highest BCUT2D eigenvalue weighted by molar-refractivity contribution is 7.15. The summed E-state index contributed by atoms with van der Waals surface area (Å²) < 4.78 is 15.1. The van der Waals surface area contributed by atoms with Crippen molar-refractivity contribution in [2.75, 3.05) is 11.9 Å². The summed E-state index contributed by atoms with van der Waals surface area (Å²) in [6.07, 6.45) is 0.468. The summed E-state index contributed by atoms with van der Waals surface area (Å²) in [5.41, 5.74) is 2.91. The second-order valence-electron chi connectivity index (χ2n) is 6.64. The van der Waals surface area contributed by atoms with Crippen LogP contribution in [0.15, 0.2) is 53.9 Å². The molecule has 30 heavy (non-hydrogen) atoms. The molecular formula is C21H18FN5O2S. The van der Waals surface area contributed by atoms with Gasteiger partial charge in [0.2, 0.25) is 4.96 Å². The second kappa shape index (κ2) is 8.42. The zero-order valence-electron chi connectivity index (χ0n) is 16.1. The van der Waals surface area contributed by atoms with Crippen LogP contribution in [-0.4, -0.2) is 33.0 Å². The van der Waals surface area contributed by atoms with Gasteiger partial charge in [0.25, 0.3) is 0 Å². The van der Waals surface area contributed by atoms with Gasteiger partial charge in [-0.2, -0.15) is 4.98 Å². The van der Waals surface area contributed by atoms with Crippen molar-refractivity contribution in [3.8, 4) is 11.4 Å². The Hall–Kier alpha value is -3.59. The van der Waals surface area contributed by atoms with Crippen LogP contribution in [-0.2, 0) is 16.0 Å². The predicted molar refractivity (Wildman–Crippen MR) is 113 cm³/mol. The first-order valence-corrected chi connectivity index (χ1v) is 10.1. The number of hydrogen-bond acceptors (Lipinski definition) is 5. The molecule has 0 spiro atoms. The Morgan fingerprint density at radius 3 is 2.77 bits per heavy atom. The van der Waals surface area contributed by atoms with Gasteiger partial charge < -0.3 is 10.6 Å². The molecule has 0 bridgehead atoms. The lowest BCUT2D eigenvalue weighted by Crippen LogP contribution is -2.36. The van der Waals surface area contributed by atoms with Crippen LogP contribution in [0.2, 0.25) is 0 Å². The normalized spacial score (nSPS) is 10.9. The summed E-state index contributed by atoms with van der Waals surface area (Å²) in [7, 11) is 0. The van der Waals surface area contributed by atoms with E-state index in [0.29, 0.717) is 28.5 Å². The number of benzene rings is 2. The lowest BCUT2D eigenvalue weighted by molar-refractivity contribution is -0.136. The van der Waals surface area contributed by atoms with Crippen LogP contribution in [0.25, 0.3) is 16.3 Å². The zero-order valence-corrected chi connectivity index (χ0v) is 16.9. The molecule has 2 aromatic carbocycles. The van der Waals surface area contributed by atoms with Crippen LogP contribution in [0, 0.1) is 12.7 Å². The standard InChI is InChI=1S/C21H18FN5O2S/c1-13-5-2-3-8-17(13)24-20(29)19(28)23-10-9-16-12-30-21-25-18(26-27(16)21)14-6-4-7-15(22)11-14/h2-8,11-12H,9-10H2,1H3,(H,23,28)(H,24,29). The molecule has 0 atom stereocenters. The van der Waals surface area contributed by atoms with Gasteiger partial charge in [-0.3, -0.25) is 9.59 Å². The van der Waals surface area contributed by atoms with Crippen LogP contribution in [0.3, 0.4) is 0 Å². The second-order valence-corrected chi connectivity index (χ2v) is 7.48. The van der Waals surface area contributed by atoms with Gasteiger partial charge in [0, 0.05) is 29.6 Å². The van der Waals surface area contributed by atoms with Gasteiger partial charge in [-0.05, 0) is 30.7 Å². The lowest BCUT2D eigenvalue weighted by Gasteiger charge is -2.08. The first-order chi connectivity index (χ1) is 14.5. The van der Waals surface area contributed by atoms with E-state index in [1.165, 1.54) is 23.5 Å². The monoisotopic (exact) mass is 423 g/mol. The average Bonchev–Trinajstić information content (AvgIpc) is 3.31. The van der Waals surface area contributed by atoms with E-state index >= 15 is 0 Å². The Balaban J connectivity index is 1.37. The summed E-state index contributed by atoms with van der Waals surface area (Å²) in [6.45, 7) is 2.12. The van der Waals surface area contributed by atoms with Crippen molar-refractivity contribution in [2.24, 2.45) is 0 Å². The van der Waals surface area contributed by atoms with E-state index in [1.807, 2.05) is 24.4 Å². The van der Waals surface area contributed by atoms with Crippen molar-refractivity contribution in [2.45, 2.75) is 13.3 Å². The van der Waals surface area contributed by atoms with E-state index in [2.05, 4.69) is 20.7 Å². The maximum absolute atomic E-state index is 13.4. The molecule has 0 aliphatic heterocycles. The van der Waals surface area contributed by atoms with E-state index in [4.69, 9.17) is 0 Å². The summed E-state index contributed by atoms with van der Waals surface area (Å²) in [4.78, 5) is 29.3. The molecule has 4 rings (SSSR count). The topological polar surface area (TPSA) is 88.4 Å². The van der Waals surface area contributed by atoms with E-state index in [9.17, 15) is 14.0 Å². The molecule has 0 unspecified atom stereocenters. The van der Waals surface area contributed by atoms with Gasteiger partial charge >= 0.3 is 11.8 Å². The minimum atomic E-state index is -0.714. The molecular weight excluding hydrogens is 405 g/mol. The Morgan fingerprint density at radius 2 is 1.97 bits per heavy atom. The fourth-order valence-electron chi connectivity index (χ4n) is 2.92. The van der Waals surface area contributed by atoms with E-state index < -0.39 is 11.8 Å². The molecule has 2 amide bonds. The molecule has 0 aliphatic rings. The number of fused-ring (bicyclic) bond motifs is 1. The average molecular weight is 423 g/mol. The van der Waals surface area contributed by atoms with Gasteiger partial charge in [-0.15, -0.1) is 16.4 Å².